The van der Waals surface area contributed by atoms with Crippen molar-refractivity contribution < 1.29 is 4.79 Å². The van der Waals surface area contributed by atoms with E-state index in [1.165, 1.54) is 25.9 Å². The Balaban J connectivity index is 1.40. The first-order valence-corrected chi connectivity index (χ1v) is 9.97. The number of anilines is 1. The molecule has 2 aromatic rings. The molecule has 3 fully saturated rings. The molecule has 5 rings (SSSR count). The molecule has 3 saturated heterocycles. The van der Waals surface area contributed by atoms with Gasteiger partial charge in [0.2, 0.25) is 0 Å². The Morgan fingerprint density at radius 1 is 1.25 bits per heavy atom. The molecule has 3 aliphatic heterocycles. The van der Waals surface area contributed by atoms with Crippen LogP contribution in [0.4, 0.5) is 5.69 Å². The summed E-state index contributed by atoms with van der Waals surface area (Å²) >= 11 is 3.20. The molecule has 3 N–H and O–H groups in total. The maximum atomic E-state index is 12.6. The summed E-state index contributed by atoms with van der Waals surface area (Å²) in [6.45, 7) is 3.39. The van der Waals surface area contributed by atoms with Gasteiger partial charge in [-0.25, -0.2) is 0 Å². The fraction of sp³-hybridized carbons (Fsp3) is 0.389. The number of thiophene rings is 1. The number of carbonyl (C=O) groups excluding carboxylic acids is 1. The number of nitrogen functional groups attached to an aromatic ring is 1. The molecule has 6 heteroatoms. The summed E-state index contributed by atoms with van der Waals surface area (Å²) in [6.07, 6.45) is 2.43. The van der Waals surface area contributed by atoms with Gasteiger partial charge in [-0.15, -0.1) is 11.3 Å². The van der Waals surface area contributed by atoms with Crippen LogP contribution in [0.1, 0.15) is 22.5 Å². The van der Waals surface area contributed by atoms with Crippen LogP contribution in [0.15, 0.2) is 45.5 Å². The average Bonchev–Trinajstić information content (AvgIpc) is 3.05. The first-order chi connectivity index (χ1) is 11.7. The second-order valence-electron chi connectivity index (χ2n) is 6.51. The molecule has 0 aliphatic carbocycles. The van der Waals surface area contributed by atoms with Crippen molar-refractivity contribution >= 4 is 34.7 Å². The number of nitrogens with zero attached hydrogens (tertiary/aromatic N) is 1. The highest BCUT2D eigenvalue weighted by molar-refractivity contribution is 8.01. The molecule has 3 aliphatic rings. The van der Waals surface area contributed by atoms with Gasteiger partial charge in [0, 0.05) is 23.2 Å². The number of nitrogens with one attached hydrogen (secondary N) is 1. The maximum Gasteiger partial charge on any atom is 0.261 e. The van der Waals surface area contributed by atoms with Gasteiger partial charge in [0.05, 0.1) is 9.09 Å². The number of hydrogen-bond donors (Lipinski definition) is 2. The first kappa shape index (κ1) is 16.0. The molecule has 1 atom stereocenters. The lowest BCUT2D eigenvalue weighted by Crippen LogP contribution is -2.57. The summed E-state index contributed by atoms with van der Waals surface area (Å²) in [4.78, 5) is 16.9. The van der Waals surface area contributed by atoms with Gasteiger partial charge >= 0.3 is 0 Å². The molecule has 24 heavy (non-hydrogen) atoms. The number of fused-ring (bicyclic) bond motifs is 3. The summed E-state index contributed by atoms with van der Waals surface area (Å²) in [6, 6.07) is 12.1. The van der Waals surface area contributed by atoms with E-state index in [-0.39, 0.29) is 5.91 Å². The van der Waals surface area contributed by atoms with E-state index < -0.39 is 0 Å². The summed E-state index contributed by atoms with van der Waals surface area (Å²) in [5, 5.41) is 3.25. The minimum Gasteiger partial charge on any atom is -0.399 e. The van der Waals surface area contributed by atoms with Gasteiger partial charge in [0.1, 0.15) is 0 Å². The first-order valence-electron chi connectivity index (χ1n) is 8.34. The summed E-state index contributed by atoms with van der Waals surface area (Å²) in [7, 11) is 0. The third kappa shape index (κ3) is 3.45. The smallest absolute Gasteiger partial charge is 0.261 e. The Morgan fingerprint density at radius 2 is 2.08 bits per heavy atom. The van der Waals surface area contributed by atoms with E-state index in [1.807, 2.05) is 36.4 Å². The molecule has 0 unspecified atom stereocenters. The Morgan fingerprint density at radius 3 is 2.79 bits per heavy atom. The van der Waals surface area contributed by atoms with Gasteiger partial charge in [-0.1, -0.05) is 17.8 Å². The maximum absolute atomic E-state index is 12.6. The van der Waals surface area contributed by atoms with Crippen molar-refractivity contribution in [2.45, 2.75) is 28.0 Å². The third-order valence-electron chi connectivity index (χ3n) is 4.85. The Kier molecular flexibility index (Phi) is 4.52. The van der Waals surface area contributed by atoms with E-state index >= 15 is 0 Å². The quantitative estimate of drug-likeness (QED) is 0.823. The van der Waals surface area contributed by atoms with Crippen LogP contribution in [0, 0.1) is 5.92 Å². The molecule has 0 spiro atoms. The summed E-state index contributed by atoms with van der Waals surface area (Å²) < 4.78 is 1.11. The topological polar surface area (TPSA) is 58.4 Å². The van der Waals surface area contributed by atoms with E-state index in [1.54, 1.807) is 23.1 Å². The standard InChI is InChI=1S/C18H21N3OS2/c19-13-2-1-3-14(10-13)23-17-5-4-16(24-17)18(22)20-15-11-21-8-6-12(15)7-9-21/h1-5,10,12,15H,6-9,11,19H2,(H,20,22)/t15-/m0/s1. The van der Waals surface area contributed by atoms with Crippen molar-refractivity contribution in [1.82, 2.24) is 10.2 Å². The molecule has 126 valence electrons. The lowest BCUT2D eigenvalue weighted by molar-refractivity contribution is 0.0622. The van der Waals surface area contributed by atoms with Crippen LogP contribution >= 0.6 is 23.1 Å². The van der Waals surface area contributed by atoms with E-state index in [9.17, 15) is 4.79 Å². The predicted octanol–water partition coefficient (Wildman–Crippen LogP) is 3.31. The van der Waals surface area contributed by atoms with Gasteiger partial charge in [-0.2, -0.15) is 0 Å². The largest absolute Gasteiger partial charge is 0.399 e. The van der Waals surface area contributed by atoms with Crippen molar-refractivity contribution in [3.63, 3.8) is 0 Å². The lowest BCUT2D eigenvalue weighted by atomic mass is 9.84. The molecule has 1 aromatic heterocycles. The van der Waals surface area contributed by atoms with Crippen LogP contribution in [-0.2, 0) is 0 Å². The second kappa shape index (κ2) is 6.78. The fourth-order valence-electron chi connectivity index (χ4n) is 3.56. The van der Waals surface area contributed by atoms with Gasteiger partial charge in [-0.3, -0.25) is 4.79 Å². The molecule has 4 heterocycles. The SMILES string of the molecule is Nc1cccc(Sc2ccc(C(=O)N[C@H]3CN4CCC3CC4)s2)c1. The summed E-state index contributed by atoms with van der Waals surface area (Å²) in [5.74, 6) is 0.721. The zero-order valence-corrected chi connectivity index (χ0v) is 15.0. The predicted molar refractivity (Wildman–Crippen MR) is 99.7 cm³/mol. The third-order valence-corrected chi connectivity index (χ3v) is 7.06. The van der Waals surface area contributed by atoms with Crippen LogP contribution in [0.2, 0.25) is 0 Å². The Labute approximate surface area is 150 Å². The minimum atomic E-state index is 0.0678. The van der Waals surface area contributed by atoms with E-state index in [0.29, 0.717) is 12.0 Å². The summed E-state index contributed by atoms with van der Waals surface area (Å²) in [5.41, 5.74) is 6.58. The Bertz CT molecular complexity index is 737. The molecule has 4 nitrogen and oxygen atoms in total. The average molecular weight is 360 g/mol. The molecule has 0 radical (unpaired) electrons. The Hall–Kier alpha value is -1.50. The van der Waals surface area contributed by atoms with Crippen molar-refractivity contribution in [2.24, 2.45) is 5.92 Å². The van der Waals surface area contributed by atoms with Gasteiger partial charge in [0.15, 0.2) is 0 Å². The highest BCUT2D eigenvalue weighted by Crippen LogP contribution is 2.34. The number of carbonyl (C=O) groups is 1. The fourth-order valence-corrected chi connectivity index (χ4v) is 5.63. The van der Waals surface area contributed by atoms with Crippen LogP contribution in [-0.4, -0.2) is 36.5 Å². The van der Waals surface area contributed by atoms with Crippen LogP contribution in [0.5, 0.6) is 0 Å². The van der Waals surface area contributed by atoms with Crippen molar-refractivity contribution in [1.29, 1.82) is 0 Å². The zero-order chi connectivity index (χ0) is 16.5. The van der Waals surface area contributed by atoms with E-state index in [2.05, 4.69) is 10.2 Å². The van der Waals surface area contributed by atoms with Gasteiger partial charge in [0.25, 0.3) is 5.91 Å². The van der Waals surface area contributed by atoms with E-state index in [4.69, 9.17) is 5.73 Å². The van der Waals surface area contributed by atoms with Crippen LogP contribution < -0.4 is 11.1 Å². The van der Waals surface area contributed by atoms with Crippen LogP contribution in [0.3, 0.4) is 0 Å². The van der Waals surface area contributed by atoms with Crippen molar-refractivity contribution in [3.8, 4) is 0 Å². The second-order valence-corrected chi connectivity index (χ2v) is 8.97. The highest BCUT2D eigenvalue weighted by atomic mass is 32.2. The zero-order valence-electron chi connectivity index (χ0n) is 13.4. The molecular formula is C18H21N3OS2. The molecular weight excluding hydrogens is 338 g/mol. The number of amides is 1. The van der Waals surface area contributed by atoms with Gasteiger partial charge in [-0.05, 0) is 62.2 Å². The molecule has 0 saturated carbocycles. The highest BCUT2D eigenvalue weighted by Gasteiger charge is 2.35. The molecule has 2 bridgehead atoms. The van der Waals surface area contributed by atoms with Crippen LogP contribution in [0.25, 0.3) is 0 Å². The number of rotatable bonds is 4. The van der Waals surface area contributed by atoms with Crippen molar-refractivity contribution in [2.75, 3.05) is 25.4 Å². The number of benzene rings is 1. The number of hydrogen-bond acceptors (Lipinski definition) is 5. The normalized spacial score (nSPS) is 25.6. The minimum absolute atomic E-state index is 0.0678. The molecule has 1 aromatic carbocycles. The van der Waals surface area contributed by atoms with E-state index in [0.717, 1.165) is 26.2 Å². The number of piperidine rings is 3. The monoisotopic (exact) mass is 359 g/mol. The van der Waals surface area contributed by atoms with Crippen molar-refractivity contribution in [3.05, 3.63) is 41.3 Å². The molecule has 1 amide bonds. The van der Waals surface area contributed by atoms with Gasteiger partial charge < -0.3 is 16.0 Å². The lowest BCUT2D eigenvalue weighted by Gasteiger charge is -2.44. The number of nitrogens with two attached hydrogens (primary N) is 1.